The van der Waals surface area contributed by atoms with Crippen molar-refractivity contribution in [2.75, 3.05) is 6.61 Å². The average molecular weight is 346 g/mol. The number of halogens is 1. The number of ether oxygens (including phenoxy) is 1. The zero-order chi connectivity index (χ0) is 17.9. The molecule has 0 bridgehead atoms. The maximum absolute atomic E-state index is 12.5. The second-order valence-corrected chi connectivity index (χ2v) is 6.47. The molecular formula is C20H24ClNO2. The summed E-state index contributed by atoms with van der Waals surface area (Å²) in [7, 11) is 0. The third-order valence-electron chi connectivity index (χ3n) is 4.19. The van der Waals surface area contributed by atoms with Crippen molar-refractivity contribution < 1.29 is 9.53 Å². The van der Waals surface area contributed by atoms with Crippen molar-refractivity contribution >= 4 is 17.5 Å². The molecule has 128 valence electrons. The summed E-state index contributed by atoms with van der Waals surface area (Å²) in [5, 5.41) is 3.48. The van der Waals surface area contributed by atoms with Crippen molar-refractivity contribution in [2.45, 2.75) is 40.7 Å². The van der Waals surface area contributed by atoms with Crippen molar-refractivity contribution in [1.82, 2.24) is 5.32 Å². The first-order valence-corrected chi connectivity index (χ1v) is 8.52. The van der Waals surface area contributed by atoms with Crippen LogP contribution < -0.4 is 10.1 Å². The molecule has 0 fully saturated rings. The minimum Gasteiger partial charge on any atom is -0.492 e. The molecule has 2 aromatic carbocycles. The Morgan fingerprint density at radius 2 is 1.79 bits per heavy atom. The molecule has 2 aromatic rings. The summed E-state index contributed by atoms with van der Waals surface area (Å²) in [6.45, 7) is 10.7. The molecule has 0 radical (unpaired) electrons. The van der Waals surface area contributed by atoms with Gasteiger partial charge in [0.25, 0.3) is 5.91 Å². The fourth-order valence-electron chi connectivity index (χ4n) is 2.72. The largest absolute Gasteiger partial charge is 0.492 e. The second kappa shape index (κ2) is 7.71. The monoisotopic (exact) mass is 345 g/mol. The van der Waals surface area contributed by atoms with Crippen LogP contribution in [0.1, 0.15) is 52.5 Å². The summed E-state index contributed by atoms with van der Waals surface area (Å²) in [5.74, 6) is 0.443. The molecule has 4 heteroatoms. The van der Waals surface area contributed by atoms with Crippen LogP contribution in [0.15, 0.2) is 30.3 Å². The molecule has 3 nitrogen and oxygen atoms in total. The zero-order valence-electron chi connectivity index (χ0n) is 14.9. The van der Waals surface area contributed by atoms with Gasteiger partial charge in [0.2, 0.25) is 0 Å². The van der Waals surface area contributed by atoms with Crippen LogP contribution in [0.3, 0.4) is 0 Å². The van der Waals surface area contributed by atoms with Crippen LogP contribution in [0, 0.1) is 20.8 Å². The third kappa shape index (κ3) is 4.09. The van der Waals surface area contributed by atoms with Crippen molar-refractivity contribution in [3.05, 3.63) is 63.2 Å². The number of rotatable bonds is 5. The van der Waals surface area contributed by atoms with E-state index in [-0.39, 0.29) is 11.9 Å². The number of carbonyl (C=O) groups is 1. The Kier molecular flexibility index (Phi) is 5.89. The van der Waals surface area contributed by atoms with Gasteiger partial charge in [-0.1, -0.05) is 23.7 Å². The normalized spacial score (nSPS) is 11.9. The number of hydrogen-bond acceptors (Lipinski definition) is 2. The van der Waals surface area contributed by atoms with Crippen LogP contribution >= 0.6 is 11.6 Å². The van der Waals surface area contributed by atoms with Crippen molar-refractivity contribution in [3.8, 4) is 5.75 Å². The first kappa shape index (κ1) is 18.3. The van der Waals surface area contributed by atoms with Crippen LogP contribution in [0.2, 0.25) is 5.02 Å². The topological polar surface area (TPSA) is 38.3 Å². The molecule has 1 amide bonds. The fraction of sp³-hybridized carbons (Fsp3) is 0.350. The van der Waals surface area contributed by atoms with Crippen LogP contribution in [-0.4, -0.2) is 12.5 Å². The molecule has 0 unspecified atom stereocenters. The minimum absolute atomic E-state index is 0.0813. The molecule has 0 aliphatic carbocycles. The molecule has 0 spiro atoms. The SMILES string of the molecule is CCOc1ccc(C(=O)N[C@@H](C)c2cc(C)c(C)cc2C)cc1Cl. The molecule has 0 heterocycles. The van der Waals surface area contributed by atoms with Gasteiger partial charge in [0.15, 0.2) is 0 Å². The van der Waals surface area contributed by atoms with E-state index >= 15 is 0 Å². The first-order valence-electron chi connectivity index (χ1n) is 8.14. The lowest BCUT2D eigenvalue weighted by molar-refractivity contribution is 0.0940. The van der Waals surface area contributed by atoms with E-state index in [1.165, 1.54) is 16.7 Å². The fourth-order valence-corrected chi connectivity index (χ4v) is 2.96. The predicted octanol–water partition coefficient (Wildman–Crippen LogP) is 5.15. The highest BCUT2D eigenvalue weighted by atomic mass is 35.5. The van der Waals surface area contributed by atoms with Crippen LogP contribution in [-0.2, 0) is 0 Å². The lowest BCUT2D eigenvalue weighted by Gasteiger charge is -2.19. The summed E-state index contributed by atoms with van der Waals surface area (Å²) in [6.07, 6.45) is 0. The van der Waals surface area contributed by atoms with E-state index in [9.17, 15) is 4.79 Å². The molecule has 0 saturated heterocycles. The van der Waals surface area contributed by atoms with E-state index in [0.717, 1.165) is 5.56 Å². The highest BCUT2D eigenvalue weighted by Crippen LogP contribution is 2.26. The standard InChI is InChI=1S/C20H24ClNO2/c1-6-24-19-8-7-16(11-18(19)21)20(23)22-15(5)17-10-13(3)12(2)9-14(17)4/h7-11,15H,6H2,1-5H3,(H,22,23)/t15-/m0/s1. The summed E-state index contributed by atoms with van der Waals surface area (Å²) < 4.78 is 5.40. The lowest BCUT2D eigenvalue weighted by atomic mass is 9.96. The van der Waals surface area contributed by atoms with Gasteiger partial charge in [-0.25, -0.2) is 0 Å². The Labute approximate surface area is 149 Å². The summed E-state index contributed by atoms with van der Waals surface area (Å²) in [5.41, 5.74) is 5.31. The smallest absolute Gasteiger partial charge is 0.251 e. The van der Waals surface area contributed by atoms with Gasteiger partial charge in [-0.2, -0.15) is 0 Å². The molecule has 0 aromatic heterocycles. The third-order valence-corrected chi connectivity index (χ3v) is 4.49. The van der Waals surface area contributed by atoms with Crippen molar-refractivity contribution in [3.63, 3.8) is 0 Å². The highest BCUT2D eigenvalue weighted by Gasteiger charge is 2.15. The van der Waals surface area contributed by atoms with Crippen LogP contribution in [0.5, 0.6) is 5.75 Å². The van der Waals surface area contributed by atoms with Gasteiger partial charge >= 0.3 is 0 Å². The number of amides is 1. The van der Waals surface area contributed by atoms with E-state index in [1.54, 1.807) is 18.2 Å². The van der Waals surface area contributed by atoms with Crippen molar-refractivity contribution in [2.24, 2.45) is 0 Å². The maximum atomic E-state index is 12.5. The van der Waals surface area contributed by atoms with Crippen LogP contribution in [0.4, 0.5) is 0 Å². The number of benzene rings is 2. The molecule has 0 aliphatic rings. The van der Waals surface area contributed by atoms with E-state index in [0.29, 0.717) is 22.9 Å². The summed E-state index contributed by atoms with van der Waals surface area (Å²) >= 11 is 6.16. The molecule has 1 atom stereocenters. The Morgan fingerprint density at radius 1 is 1.12 bits per heavy atom. The van der Waals surface area contributed by atoms with Gasteiger partial charge in [-0.15, -0.1) is 0 Å². The molecule has 1 N–H and O–H groups in total. The number of nitrogens with one attached hydrogen (secondary N) is 1. The van der Waals surface area contributed by atoms with Gasteiger partial charge in [0.05, 0.1) is 17.7 Å². The van der Waals surface area contributed by atoms with Crippen molar-refractivity contribution in [1.29, 1.82) is 0 Å². The summed E-state index contributed by atoms with van der Waals surface area (Å²) in [4.78, 5) is 12.5. The zero-order valence-corrected chi connectivity index (χ0v) is 15.6. The quantitative estimate of drug-likeness (QED) is 0.813. The molecule has 0 aliphatic heterocycles. The first-order chi connectivity index (χ1) is 11.3. The van der Waals surface area contributed by atoms with Gasteiger partial charge in [-0.05, 0) is 75.1 Å². The lowest BCUT2D eigenvalue weighted by Crippen LogP contribution is -2.27. The number of hydrogen-bond donors (Lipinski definition) is 1. The number of aryl methyl sites for hydroxylation is 3. The summed E-state index contributed by atoms with van der Waals surface area (Å²) in [6, 6.07) is 9.31. The van der Waals surface area contributed by atoms with Crippen LogP contribution in [0.25, 0.3) is 0 Å². The Bertz CT molecular complexity index is 756. The van der Waals surface area contributed by atoms with Gasteiger partial charge < -0.3 is 10.1 Å². The Balaban J connectivity index is 2.17. The number of carbonyl (C=O) groups excluding carboxylic acids is 1. The maximum Gasteiger partial charge on any atom is 0.251 e. The molecule has 0 saturated carbocycles. The molecule has 2 rings (SSSR count). The Morgan fingerprint density at radius 3 is 2.42 bits per heavy atom. The highest BCUT2D eigenvalue weighted by molar-refractivity contribution is 6.32. The van der Waals surface area contributed by atoms with Gasteiger partial charge in [0.1, 0.15) is 5.75 Å². The van der Waals surface area contributed by atoms with E-state index in [2.05, 4.69) is 38.2 Å². The minimum atomic E-state index is -0.148. The Hall–Kier alpha value is -2.00. The molecular weight excluding hydrogens is 322 g/mol. The van der Waals surface area contributed by atoms with E-state index < -0.39 is 0 Å². The molecule has 24 heavy (non-hydrogen) atoms. The van der Waals surface area contributed by atoms with Gasteiger partial charge in [-0.3, -0.25) is 4.79 Å². The predicted molar refractivity (Wildman–Crippen MR) is 99.2 cm³/mol. The average Bonchev–Trinajstić information content (AvgIpc) is 2.52. The second-order valence-electron chi connectivity index (χ2n) is 6.07. The van der Waals surface area contributed by atoms with E-state index in [1.807, 2.05) is 13.8 Å². The van der Waals surface area contributed by atoms with E-state index in [4.69, 9.17) is 16.3 Å². The van der Waals surface area contributed by atoms with Gasteiger partial charge in [0, 0.05) is 5.56 Å².